The summed E-state index contributed by atoms with van der Waals surface area (Å²) >= 11 is 0. The average Bonchev–Trinajstić information content (AvgIpc) is 2.08. The number of benzene rings is 1. The lowest BCUT2D eigenvalue weighted by Crippen LogP contribution is -2.10. The Kier molecular flexibility index (Phi) is 2.66. The molecule has 1 aromatic rings. The van der Waals surface area contributed by atoms with Crippen molar-refractivity contribution < 1.29 is 9.84 Å². The monoisotopic (exact) mass is 181 g/mol. The van der Waals surface area contributed by atoms with Gasteiger partial charge in [-0.1, -0.05) is 0 Å². The molecule has 0 fully saturated rings. The van der Waals surface area contributed by atoms with Gasteiger partial charge in [0.25, 0.3) is 0 Å². The zero-order valence-corrected chi connectivity index (χ0v) is 8.46. The minimum Gasteiger partial charge on any atom is -0.508 e. The molecule has 13 heavy (non-hydrogen) atoms. The number of hydrogen-bond donors (Lipinski definition) is 1. The number of phenols is 1. The quantitative estimate of drug-likeness (QED) is 0.754. The number of phenolic OH excluding ortho intramolecular Hbond substituents is 1. The fraction of sp³-hybridized carbons (Fsp3) is 0.400. The van der Waals surface area contributed by atoms with E-state index in [0.717, 1.165) is 17.0 Å². The Labute approximate surface area is 78.6 Å². The summed E-state index contributed by atoms with van der Waals surface area (Å²) in [5.74, 6) is 1.07. The van der Waals surface area contributed by atoms with Crippen molar-refractivity contribution in [3.63, 3.8) is 0 Å². The van der Waals surface area contributed by atoms with E-state index in [-0.39, 0.29) is 0 Å². The van der Waals surface area contributed by atoms with Crippen LogP contribution in [0.25, 0.3) is 0 Å². The molecule has 0 saturated carbocycles. The average molecular weight is 181 g/mol. The van der Waals surface area contributed by atoms with Crippen LogP contribution in [0, 0.1) is 6.92 Å². The molecular weight excluding hydrogens is 166 g/mol. The number of anilines is 1. The minimum atomic E-state index is 0.296. The molecule has 1 N–H and O–H groups in total. The molecule has 3 nitrogen and oxygen atoms in total. The molecule has 72 valence electrons. The van der Waals surface area contributed by atoms with Gasteiger partial charge in [0.05, 0.1) is 12.8 Å². The summed E-state index contributed by atoms with van der Waals surface area (Å²) in [4.78, 5) is 1.90. The molecule has 0 aromatic heterocycles. The maximum absolute atomic E-state index is 9.49. The number of nitrogens with zero attached hydrogens (tertiary/aromatic N) is 1. The van der Waals surface area contributed by atoms with Crippen molar-refractivity contribution in [2.45, 2.75) is 6.92 Å². The number of aromatic hydroxyl groups is 1. The first-order chi connectivity index (χ1) is 6.06. The van der Waals surface area contributed by atoms with Crippen LogP contribution in [0.15, 0.2) is 12.1 Å². The molecule has 0 amide bonds. The van der Waals surface area contributed by atoms with E-state index in [1.54, 1.807) is 13.2 Å². The summed E-state index contributed by atoms with van der Waals surface area (Å²) in [7, 11) is 5.44. The van der Waals surface area contributed by atoms with Crippen LogP contribution in [-0.2, 0) is 0 Å². The highest BCUT2D eigenvalue weighted by Gasteiger charge is 2.08. The Morgan fingerprint density at radius 3 is 2.38 bits per heavy atom. The van der Waals surface area contributed by atoms with Gasteiger partial charge in [-0.2, -0.15) is 0 Å². The van der Waals surface area contributed by atoms with Crippen molar-refractivity contribution in [1.82, 2.24) is 0 Å². The summed E-state index contributed by atoms with van der Waals surface area (Å²) in [6.45, 7) is 1.84. The van der Waals surface area contributed by atoms with E-state index in [9.17, 15) is 5.11 Å². The van der Waals surface area contributed by atoms with Gasteiger partial charge in [0.1, 0.15) is 11.5 Å². The second-order valence-electron chi connectivity index (χ2n) is 3.20. The van der Waals surface area contributed by atoms with Crippen LogP contribution in [0.5, 0.6) is 11.5 Å². The van der Waals surface area contributed by atoms with Crippen LogP contribution in [0.4, 0.5) is 5.69 Å². The van der Waals surface area contributed by atoms with Crippen LogP contribution in [0.3, 0.4) is 0 Å². The van der Waals surface area contributed by atoms with Gasteiger partial charge in [-0.25, -0.2) is 0 Å². The van der Waals surface area contributed by atoms with Crippen molar-refractivity contribution in [3.8, 4) is 11.5 Å². The van der Waals surface area contributed by atoms with E-state index >= 15 is 0 Å². The van der Waals surface area contributed by atoms with Crippen LogP contribution in [0.2, 0.25) is 0 Å². The summed E-state index contributed by atoms with van der Waals surface area (Å²) in [6.07, 6.45) is 0. The Balaban J connectivity index is 3.25. The van der Waals surface area contributed by atoms with Gasteiger partial charge in [-0.05, 0) is 18.6 Å². The lowest BCUT2D eigenvalue weighted by molar-refractivity contribution is 0.412. The molecule has 0 heterocycles. The maximum atomic E-state index is 9.49. The molecule has 3 heteroatoms. The molecule has 1 rings (SSSR count). The van der Waals surface area contributed by atoms with Gasteiger partial charge in [0.15, 0.2) is 0 Å². The number of rotatable bonds is 2. The second-order valence-corrected chi connectivity index (χ2v) is 3.20. The predicted molar refractivity (Wildman–Crippen MR) is 53.7 cm³/mol. The summed E-state index contributed by atoms with van der Waals surface area (Å²) in [6, 6.07) is 3.53. The van der Waals surface area contributed by atoms with Crippen molar-refractivity contribution in [3.05, 3.63) is 17.7 Å². The van der Waals surface area contributed by atoms with Gasteiger partial charge >= 0.3 is 0 Å². The van der Waals surface area contributed by atoms with Crippen LogP contribution >= 0.6 is 0 Å². The molecule has 0 radical (unpaired) electrons. The molecule has 0 aliphatic rings. The zero-order valence-electron chi connectivity index (χ0n) is 8.46. The molecule has 0 spiro atoms. The molecule has 0 saturated heterocycles. The Morgan fingerprint density at radius 2 is 1.92 bits per heavy atom. The normalized spacial score (nSPS) is 9.85. The van der Waals surface area contributed by atoms with Gasteiger partial charge in [-0.3, -0.25) is 0 Å². The predicted octanol–water partition coefficient (Wildman–Crippen LogP) is 1.78. The molecule has 0 bridgehead atoms. The maximum Gasteiger partial charge on any atom is 0.142 e. The first kappa shape index (κ1) is 9.71. The van der Waals surface area contributed by atoms with Crippen LogP contribution in [0.1, 0.15) is 5.56 Å². The third kappa shape index (κ3) is 1.86. The molecule has 0 aliphatic carbocycles. The van der Waals surface area contributed by atoms with Gasteiger partial charge in [0.2, 0.25) is 0 Å². The van der Waals surface area contributed by atoms with Crippen molar-refractivity contribution in [1.29, 1.82) is 0 Å². The van der Waals surface area contributed by atoms with Crippen molar-refractivity contribution in [2.75, 3.05) is 26.1 Å². The highest BCUT2D eigenvalue weighted by atomic mass is 16.5. The van der Waals surface area contributed by atoms with E-state index in [1.165, 1.54) is 0 Å². The van der Waals surface area contributed by atoms with Gasteiger partial charge in [-0.15, -0.1) is 0 Å². The lowest BCUT2D eigenvalue weighted by atomic mass is 10.2. The van der Waals surface area contributed by atoms with Crippen LogP contribution in [-0.4, -0.2) is 26.3 Å². The molecule has 0 unspecified atom stereocenters. The largest absolute Gasteiger partial charge is 0.508 e. The molecular formula is C10H15NO2. The number of hydrogen-bond acceptors (Lipinski definition) is 3. The first-order valence-electron chi connectivity index (χ1n) is 4.11. The molecule has 0 atom stereocenters. The Bertz CT molecular complexity index is 308. The summed E-state index contributed by atoms with van der Waals surface area (Å²) in [5.41, 5.74) is 1.70. The highest BCUT2D eigenvalue weighted by molar-refractivity contribution is 5.62. The fourth-order valence-corrected chi connectivity index (χ4v) is 1.17. The SMILES string of the molecule is COc1cc(C)c(O)cc1N(C)C. The fourth-order valence-electron chi connectivity index (χ4n) is 1.17. The summed E-state index contributed by atoms with van der Waals surface area (Å²) < 4.78 is 5.19. The first-order valence-corrected chi connectivity index (χ1v) is 4.11. The number of methoxy groups -OCH3 is 1. The third-order valence-electron chi connectivity index (χ3n) is 1.98. The molecule has 1 aromatic carbocycles. The van der Waals surface area contributed by atoms with Crippen LogP contribution < -0.4 is 9.64 Å². The van der Waals surface area contributed by atoms with E-state index in [4.69, 9.17) is 4.74 Å². The topological polar surface area (TPSA) is 32.7 Å². The molecule has 0 aliphatic heterocycles. The van der Waals surface area contributed by atoms with E-state index < -0.39 is 0 Å². The standard InChI is InChI=1S/C10H15NO2/c1-7-5-10(13-4)8(11(2)3)6-9(7)12/h5-6,12H,1-4H3. The minimum absolute atomic E-state index is 0.296. The number of ether oxygens (including phenoxy) is 1. The van der Waals surface area contributed by atoms with Crippen molar-refractivity contribution >= 4 is 5.69 Å². The van der Waals surface area contributed by atoms with Gasteiger partial charge in [0, 0.05) is 20.2 Å². The zero-order chi connectivity index (χ0) is 10.0. The highest BCUT2D eigenvalue weighted by Crippen LogP contribution is 2.33. The van der Waals surface area contributed by atoms with E-state index in [2.05, 4.69) is 0 Å². The van der Waals surface area contributed by atoms with Crippen molar-refractivity contribution in [2.24, 2.45) is 0 Å². The van der Waals surface area contributed by atoms with E-state index in [0.29, 0.717) is 5.75 Å². The number of aryl methyl sites for hydroxylation is 1. The van der Waals surface area contributed by atoms with E-state index in [1.807, 2.05) is 32.0 Å². The second kappa shape index (κ2) is 3.56. The Morgan fingerprint density at radius 1 is 1.31 bits per heavy atom. The third-order valence-corrected chi connectivity index (χ3v) is 1.98. The smallest absolute Gasteiger partial charge is 0.142 e. The van der Waals surface area contributed by atoms with Gasteiger partial charge < -0.3 is 14.7 Å². The summed E-state index contributed by atoms with van der Waals surface area (Å²) in [5, 5.41) is 9.49. The Hall–Kier alpha value is -1.38. The lowest BCUT2D eigenvalue weighted by Gasteiger charge is -2.17.